The minimum Gasteiger partial charge on any atom is -0.357 e. The molecule has 0 radical (unpaired) electrons. The predicted molar refractivity (Wildman–Crippen MR) is 152 cm³/mol. The van der Waals surface area contributed by atoms with E-state index in [1.165, 1.54) is 24.1 Å². The van der Waals surface area contributed by atoms with E-state index >= 15 is 0 Å². The third-order valence-corrected chi connectivity index (χ3v) is 7.65. The molecule has 0 spiro atoms. The molecule has 2 saturated heterocycles. The summed E-state index contributed by atoms with van der Waals surface area (Å²) < 4.78 is 2.34. The Kier molecular flexibility index (Phi) is 10.3. The van der Waals surface area contributed by atoms with E-state index in [0.29, 0.717) is 12.0 Å². The molecule has 0 aliphatic carbocycles. The van der Waals surface area contributed by atoms with Crippen molar-refractivity contribution in [1.29, 1.82) is 0 Å². The van der Waals surface area contributed by atoms with Gasteiger partial charge in [0.1, 0.15) is 11.6 Å². The van der Waals surface area contributed by atoms with Gasteiger partial charge in [-0.1, -0.05) is 17.7 Å². The Morgan fingerprint density at radius 2 is 1.67 bits per heavy atom. The van der Waals surface area contributed by atoms with Gasteiger partial charge >= 0.3 is 0 Å². The van der Waals surface area contributed by atoms with E-state index in [2.05, 4.69) is 48.9 Å². The highest BCUT2D eigenvalue weighted by Crippen LogP contribution is 2.35. The fourth-order valence-corrected chi connectivity index (χ4v) is 5.85. The smallest absolute Gasteiger partial charge is 0.151 e. The first-order valence-corrected chi connectivity index (χ1v) is 12.5. The quantitative estimate of drug-likeness (QED) is 0.475. The van der Waals surface area contributed by atoms with Crippen molar-refractivity contribution in [2.75, 3.05) is 31.1 Å². The summed E-state index contributed by atoms with van der Waals surface area (Å²) in [5.74, 6) is 3.60. The van der Waals surface area contributed by atoms with Gasteiger partial charge in [-0.3, -0.25) is 9.47 Å². The average molecular weight is 573 g/mol. The first-order chi connectivity index (χ1) is 16.3. The van der Waals surface area contributed by atoms with Gasteiger partial charge in [0.15, 0.2) is 5.82 Å². The molecule has 0 bridgehead atoms. The van der Waals surface area contributed by atoms with Crippen LogP contribution in [0.25, 0.3) is 5.69 Å². The first-order valence-electron chi connectivity index (χ1n) is 12.1. The number of aromatic nitrogens is 4. The van der Waals surface area contributed by atoms with E-state index in [1.54, 1.807) is 0 Å². The second-order valence-electron chi connectivity index (χ2n) is 9.42. The number of rotatable bonds is 3. The number of fused-ring (bicyclic) bond motifs is 3. The topological polar surface area (TPSA) is 62.1 Å². The van der Waals surface area contributed by atoms with Crippen LogP contribution in [0.5, 0.6) is 0 Å². The number of anilines is 1. The van der Waals surface area contributed by atoms with E-state index in [4.69, 9.17) is 21.8 Å². The minimum atomic E-state index is 0. The lowest BCUT2D eigenvalue weighted by atomic mass is 9.95. The zero-order chi connectivity index (χ0) is 22.2. The van der Waals surface area contributed by atoms with Crippen LogP contribution in [0.4, 0.5) is 5.82 Å². The van der Waals surface area contributed by atoms with Crippen LogP contribution >= 0.6 is 48.8 Å². The van der Waals surface area contributed by atoms with Gasteiger partial charge in [0, 0.05) is 42.8 Å². The van der Waals surface area contributed by atoms with E-state index in [9.17, 15) is 0 Å². The summed E-state index contributed by atoms with van der Waals surface area (Å²) in [6.45, 7) is 5.86. The molecule has 0 atom stereocenters. The molecule has 1 N–H and O–H groups in total. The van der Waals surface area contributed by atoms with Crippen molar-refractivity contribution in [2.45, 2.75) is 50.7 Å². The third kappa shape index (κ3) is 5.77. The zero-order valence-corrected chi connectivity index (χ0v) is 23.3. The van der Waals surface area contributed by atoms with Gasteiger partial charge in [-0.25, -0.2) is 4.98 Å². The van der Waals surface area contributed by atoms with Crippen molar-refractivity contribution in [3.05, 3.63) is 64.8 Å². The number of nitrogens with one attached hydrogen (secondary N) is 1. The summed E-state index contributed by atoms with van der Waals surface area (Å²) in [5, 5.41) is 13.8. The van der Waals surface area contributed by atoms with Crippen molar-refractivity contribution in [3.63, 3.8) is 0 Å². The Bertz CT molecular complexity index is 1110. The molecule has 1 aromatic carbocycles. The molecule has 5 heterocycles. The maximum atomic E-state index is 6.45. The molecule has 0 unspecified atom stereocenters. The van der Waals surface area contributed by atoms with Gasteiger partial charge in [-0.05, 0) is 74.7 Å². The molecule has 196 valence electrons. The van der Waals surface area contributed by atoms with Crippen molar-refractivity contribution >= 4 is 54.6 Å². The molecule has 6 rings (SSSR count). The van der Waals surface area contributed by atoms with Gasteiger partial charge in [0.05, 0.1) is 12.2 Å². The molecule has 0 amide bonds. The van der Waals surface area contributed by atoms with Gasteiger partial charge in [-0.2, -0.15) is 0 Å². The van der Waals surface area contributed by atoms with Crippen molar-refractivity contribution < 1.29 is 0 Å². The van der Waals surface area contributed by atoms with Gasteiger partial charge in [0.2, 0.25) is 0 Å². The second-order valence-corrected chi connectivity index (χ2v) is 9.85. The maximum Gasteiger partial charge on any atom is 0.151 e. The van der Waals surface area contributed by atoms with Crippen LogP contribution in [-0.2, 0) is 13.1 Å². The molecule has 2 aromatic heterocycles. The SMILES string of the molecule is Cl.Cl.Cl.Clc1ccc2c(c1)CN(C1CCNCC1)Cc1nnc(C3CCN(c4ccccn4)CC3)n1-2. The molecule has 7 nitrogen and oxygen atoms in total. The van der Waals surface area contributed by atoms with Gasteiger partial charge in [0.25, 0.3) is 0 Å². The monoisotopic (exact) mass is 571 g/mol. The van der Waals surface area contributed by atoms with E-state index in [0.717, 1.165) is 74.6 Å². The van der Waals surface area contributed by atoms with Gasteiger partial charge < -0.3 is 10.2 Å². The molecule has 36 heavy (non-hydrogen) atoms. The van der Waals surface area contributed by atoms with E-state index < -0.39 is 0 Å². The number of halogens is 4. The van der Waals surface area contributed by atoms with Crippen LogP contribution in [0, 0.1) is 0 Å². The van der Waals surface area contributed by atoms with Crippen LogP contribution in [0.2, 0.25) is 5.02 Å². The Hall–Kier alpha value is -1.61. The van der Waals surface area contributed by atoms with Crippen molar-refractivity contribution in [1.82, 2.24) is 30.0 Å². The van der Waals surface area contributed by atoms with E-state index in [1.807, 2.05) is 18.3 Å². The Labute approximate surface area is 236 Å². The molecule has 11 heteroatoms. The lowest BCUT2D eigenvalue weighted by molar-refractivity contribution is 0.144. The van der Waals surface area contributed by atoms with Crippen molar-refractivity contribution in [2.24, 2.45) is 0 Å². The Morgan fingerprint density at radius 3 is 2.39 bits per heavy atom. The fraction of sp³-hybridized carbons (Fsp3) is 0.480. The minimum absolute atomic E-state index is 0. The Balaban J connectivity index is 0.00000120. The van der Waals surface area contributed by atoms with Crippen LogP contribution < -0.4 is 10.2 Å². The maximum absolute atomic E-state index is 6.45. The highest BCUT2D eigenvalue weighted by molar-refractivity contribution is 6.30. The summed E-state index contributed by atoms with van der Waals surface area (Å²) in [4.78, 5) is 9.49. The number of hydrogen-bond acceptors (Lipinski definition) is 6. The van der Waals surface area contributed by atoms with Crippen LogP contribution in [0.1, 0.15) is 48.8 Å². The number of hydrogen-bond donors (Lipinski definition) is 1. The summed E-state index contributed by atoms with van der Waals surface area (Å²) >= 11 is 6.45. The average Bonchev–Trinajstić information content (AvgIpc) is 3.21. The number of benzene rings is 1. The summed E-state index contributed by atoms with van der Waals surface area (Å²) in [7, 11) is 0. The highest BCUT2D eigenvalue weighted by Gasteiger charge is 2.32. The summed E-state index contributed by atoms with van der Waals surface area (Å²) in [6.07, 6.45) is 6.31. The highest BCUT2D eigenvalue weighted by atomic mass is 35.5. The zero-order valence-electron chi connectivity index (χ0n) is 20.1. The lowest BCUT2D eigenvalue weighted by Crippen LogP contribution is -2.42. The number of pyridine rings is 1. The first kappa shape index (κ1) is 29.0. The summed E-state index contributed by atoms with van der Waals surface area (Å²) in [5.41, 5.74) is 2.46. The second kappa shape index (κ2) is 12.8. The number of nitrogens with zero attached hydrogens (tertiary/aromatic N) is 6. The number of piperidine rings is 2. The molecular weight excluding hydrogens is 540 g/mol. The van der Waals surface area contributed by atoms with Crippen LogP contribution in [-0.4, -0.2) is 56.9 Å². The molecule has 3 aromatic rings. The Morgan fingerprint density at radius 1 is 0.889 bits per heavy atom. The van der Waals surface area contributed by atoms with Crippen LogP contribution in [0.15, 0.2) is 42.6 Å². The summed E-state index contributed by atoms with van der Waals surface area (Å²) in [6, 6.07) is 13.0. The van der Waals surface area contributed by atoms with Crippen LogP contribution in [0.3, 0.4) is 0 Å². The third-order valence-electron chi connectivity index (χ3n) is 7.41. The fourth-order valence-electron chi connectivity index (χ4n) is 5.65. The molecule has 0 saturated carbocycles. The standard InChI is InChI=1S/C25H30ClN7.3ClH/c26-20-4-5-22-19(15-20)16-32(21-6-11-27-12-7-21)17-24-29-30-25(33(22)24)18-8-13-31(14-9-18)23-3-1-2-10-28-23;;;/h1-5,10,15,18,21,27H,6-9,11-14,16-17H2;3*1H. The van der Waals surface area contributed by atoms with Gasteiger partial charge in [-0.15, -0.1) is 47.4 Å². The largest absolute Gasteiger partial charge is 0.357 e. The normalized spacial score (nSPS) is 18.6. The molecular formula is C25H33Cl4N7. The predicted octanol–water partition coefficient (Wildman–Crippen LogP) is 5.03. The van der Waals surface area contributed by atoms with Crippen molar-refractivity contribution in [3.8, 4) is 5.69 Å². The lowest BCUT2D eigenvalue weighted by Gasteiger charge is -2.33. The molecule has 3 aliphatic heterocycles. The molecule has 3 aliphatic rings. The molecule has 2 fully saturated rings. The van der Waals surface area contributed by atoms with E-state index in [-0.39, 0.29) is 37.2 Å².